The molecule has 0 radical (unpaired) electrons. The summed E-state index contributed by atoms with van der Waals surface area (Å²) in [5.74, 6) is 2.45. The first kappa shape index (κ1) is 24.2. The minimum atomic E-state index is 0.513. The third-order valence-electron chi connectivity index (χ3n) is 5.31. The zero-order chi connectivity index (χ0) is 23.8. The maximum absolute atomic E-state index is 6.16. The molecule has 4 rings (SSSR count). The Morgan fingerprint density at radius 2 is 1.76 bits per heavy atom. The van der Waals surface area contributed by atoms with Crippen LogP contribution in [0.1, 0.15) is 41.4 Å². The van der Waals surface area contributed by atoms with Crippen molar-refractivity contribution in [3.63, 3.8) is 0 Å². The van der Waals surface area contributed by atoms with Crippen molar-refractivity contribution in [2.45, 2.75) is 44.2 Å². The predicted molar refractivity (Wildman–Crippen MR) is 143 cm³/mol. The largest absolute Gasteiger partial charge is 0.488 e. The Kier molecular flexibility index (Phi) is 8.55. The molecule has 3 aromatic carbocycles. The number of thioether (sulfide) groups is 1. The summed E-state index contributed by atoms with van der Waals surface area (Å²) in [6, 6.07) is 24.5. The van der Waals surface area contributed by atoms with Crippen molar-refractivity contribution < 1.29 is 4.74 Å². The van der Waals surface area contributed by atoms with E-state index >= 15 is 0 Å². The summed E-state index contributed by atoms with van der Waals surface area (Å²) in [5, 5.41) is 14.4. The van der Waals surface area contributed by atoms with E-state index in [0.717, 1.165) is 45.4 Å². The van der Waals surface area contributed by atoms with Crippen LogP contribution >= 0.6 is 27.7 Å². The normalized spacial score (nSPS) is 11.3. The predicted octanol–water partition coefficient (Wildman–Crippen LogP) is 7.06. The fraction of sp³-hybridized carbons (Fsp3) is 0.222. The first-order chi connectivity index (χ1) is 16.6. The van der Waals surface area contributed by atoms with E-state index in [9.17, 15) is 0 Å². The number of benzene rings is 3. The van der Waals surface area contributed by atoms with E-state index in [1.165, 1.54) is 16.7 Å². The summed E-state index contributed by atoms with van der Waals surface area (Å²) in [6.07, 6.45) is 3.62. The molecule has 0 aliphatic carbocycles. The fourth-order valence-electron chi connectivity index (χ4n) is 3.38. The molecule has 7 heteroatoms. The second-order valence-electron chi connectivity index (χ2n) is 7.87. The molecule has 4 aromatic rings. The van der Waals surface area contributed by atoms with Gasteiger partial charge in [-0.1, -0.05) is 83.1 Å². The number of hydrogen-bond donors (Lipinski definition) is 0. The van der Waals surface area contributed by atoms with Gasteiger partial charge in [0.05, 0.1) is 6.21 Å². The number of ether oxygens (including phenoxy) is 1. The highest BCUT2D eigenvalue weighted by Crippen LogP contribution is 2.24. The first-order valence-electron chi connectivity index (χ1n) is 11.3. The molecule has 0 amide bonds. The number of aryl methyl sites for hydroxylation is 2. The Morgan fingerprint density at radius 3 is 2.56 bits per heavy atom. The lowest BCUT2D eigenvalue weighted by molar-refractivity contribution is 0.305. The molecule has 174 valence electrons. The van der Waals surface area contributed by atoms with E-state index < -0.39 is 0 Å². The van der Waals surface area contributed by atoms with Crippen LogP contribution in [-0.2, 0) is 18.8 Å². The number of aromatic nitrogens is 3. The molecule has 1 heterocycles. The minimum absolute atomic E-state index is 0.513. The van der Waals surface area contributed by atoms with E-state index in [1.807, 2.05) is 47.3 Å². The van der Waals surface area contributed by atoms with Crippen LogP contribution in [0.4, 0.5) is 0 Å². The standard InChI is InChI=1S/C27H27BrN4OS/c1-3-8-26-30-31-27(34-19-21-13-15-24(28)16-14-21)32(26)29-17-22-10-6-7-12-25(22)33-18-23-11-5-4-9-20(23)2/h4-7,9-17H,3,8,18-19H2,1-2H3/b29-17+. The highest BCUT2D eigenvalue weighted by Gasteiger charge is 2.12. The van der Waals surface area contributed by atoms with Crippen molar-refractivity contribution in [1.29, 1.82) is 0 Å². The molecule has 0 saturated heterocycles. The van der Waals surface area contributed by atoms with E-state index in [4.69, 9.17) is 9.84 Å². The smallest absolute Gasteiger partial charge is 0.212 e. The van der Waals surface area contributed by atoms with Gasteiger partial charge in [-0.05, 0) is 54.3 Å². The number of nitrogens with zero attached hydrogens (tertiary/aromatic N) is 4. The average molecular weight is 536 g/mol. The van der Waals surface area contributed by atoms with Gasteiger partial charge in [-0.15, -0.1) is 10.2 Å². The van der Waals surface area contributed by atoms with E-state index in [1.54, 1.807) is 11.8 Å². The van der Waals surface area contributed by atoms with Gasteiger partial charge in [0.25, 0.3) is 0 Å². The molecule has 0 fully saturated rings. The maximum Gasteiger partial charge on any atom is 0.212 e. The van der Waals surface area contributed by atoms with Crippen LogP contribution in [0, 0.1) is 6.92 Å². The quantitative estimate of drug-likeness (QED) is 0.161. The van der Waals surface area contributed by atoms with Gasteiger partial charge in [0.15, 0.2) is 5.82 Å². The van der Waals surface area contributed by atoms with Gasteiger partial charge >= 0.3 is 0 Å². The summed E-state index contributed by atoms with van der Waals surface area (Å²) in [5.41, 5.74) is 4.52. The van der Waals surface area contributed by atoms with Crippen LogP contribution < -0.4 is 4.74 Å². The van der Waals surface area contributed by atoms with E-state index in [-0.39, 0.29) is 0 Å². The lowest BCUT2D eigenvalue weighted by Crippen LogP contribution is -2.02. The molecule has 0 unspecified atom stereocenters. The molecule has 0 aliphatic heterocycles. The molecule has 0 N–H and O–H groups in total. The molecule has 0 atom stereocenters. The molecule has 34 heavy (non-hydrogen) atoms. The van der Waals surface area contributed by atoms with Crippen LogP contribution in [0.25, 0.3) is 0 Å². The highest BCUT2D eigenvalue weighted by molar-refractivity contribution is 9.10. The van der Waals surface area contributed by atoms with Crippen molar-refractivity contribution in [2.75, 3.05) is 0 Å². The topological polar surface area (TPSA) is 52.3 Å². The zero-order valence-corrected chi connectivity index (χ0v) is 21.7. The van der Waals surface area contributed by atoms with Crippen molar-refractivity contribution in [2.24, 2.45) is 5.10 Å². The van der Waals surface area contributed by atoms with Crippen LogP contribution in [-0.4, -0.2) is 21.1 Å². The summed E-state index contributed by atoms with van der Waals surface area (Å²) in [6.45, 7) is 4.74. The second kappa shape index (κ2) is 12.0. The van der Waals surface area contributed by atoms with E-state index in [0.29, 0.717) is 6.61 Å². The van der Waals surface area contributed by atoms with Gasteiger partial charge in [-0.3, -0.25) is 0 Å². The lowest BCUT2D eigenvalue weighted by atomic mass is 10.1. The Hall–Kier alpha value is -2.90. The van der Waals surface area contributed by atoms with Gasteiger partial charge in [-0.25, -0.2) is 0 Å². The van der Waals surface area contributed by atoms with Gasteiger partial charge in [0.2, 0.25) is 5.16 Å². The molecule has 0 bridgehead atoms. The Morgan fingerprint density at radius 1 is 1.00 bits per heavy atom. The molecule has 0 saturated carbocycles. The van der Waals surface area contributed by atoms with E-state index in [2.05, 4.69) is 76.4 Å². The van der Waals surface area contributed by atoms with Gasteiger partial charge in [0, 0.05) is 22.2 Å². The SMILES string of the molecule is CCCc1nnc(SCc2ccc(Br)cc2)n1/N=C/c1ccccc1OCc1ccccc1C. The summed E-state index contributed by atoms with van der Waals surface area (Å²) >= 11 is 5.12. The second-order valence-corrected chi connectivity index (χ2v) is 9.73. The third kappa shape index (κ3) is 6.36. The van der Waals surface area contributed by atoms with Crippen molar-refractivity contribution >= 4 is 33.9 Å². The Bertz CT molecular complexity index is 1250. The molecule has 0 aliphatic rings. The summed E-state index contributed by atoms with van der Waals surface area (Å²) < 4.78 is 9.08. The van der Waals surface area contributed by atoms with Gasteiger partial charge in [0.1, 0.15) is 12.4 Å². The fourth-order valence-corrected chi connectivity index (χ4v) is 4.50. The van der Waals surface area contributed by atoms with Crippen LogP contribution in [0.2, 0.25) is 0 Å². The monoisotopic (exact) mass is 534 g/mol. The van der Waals surface area contributed by atoms with Crippen molar-refractivity contribution in [1.82, 2.24) is 14.9 Å². The number of halogens is 1. The molecular formula is C27H27BrN4OS. The summed E-state index contributed by atoms with van der Waals surface area (Å²) in [7, 11) is 0. The van der Waals surface area contributed by atoms with Crippen molar-refractivity contribution in [3.05, 3.63) is 105 Å². The number of para-hydroxylation sites is 1. The van der Waals surface area contributed by atoms with Crippen molar-refractivity contribution in [3.8, 4) is 5.75 Å². The Balaban J connectivity index is 1.53. The molecule has 1 aromatic heterocycles. The zero-order valence-electron chi connectivity index (χ0n) is 19.3. The minimum Gasteiger partial charge on any atom is -0.488 e. The van der Waals surface area contributed by atoms with Crippen LogP contribution in [0.15, 0.2) is 87.5 Å². The average Bonchev–Trinajstić information content (AvgIpc) is 3.24. The van der Waals surface area contributed by atoms with Crippen LogP contribution in [0.3, 0.4) is 0 Å². The highest BCUT2D eigenvalue weighted by atomic mass is 79.9. The Labute approximate surface area is 213 Å². The van der Waals surface area contributed by atoms with Gasteiger partial charge in [-0.2, -0.15) is 9.78 Å². The van der Waals surface area contributed by atoms with Gasteiger partial charge < -0.3 is 4.74 Å². The summed E-state index contributed by atoms with van der Waals surface area (Å²) in [4.78, 5) is 0. The van der Waals surface area contributed by atoms with Crippen LogP contribution in [0.5, 0.6) is 5.75 Å². The maximum atomic E-state index is 6.16. The lowest BCUT2D eigenvalue weighted by Gasteiger charge is -2.11. The molecule has 0 spiro atoms. The number of rotatable bonds is 10. The third-order valence-corrected chi connectivity index (χ3v) is 6.83. The molecule has 5 nitrogen and oxygen atoms in total. The number of hydrogen-bond acceptors (Lipinski definition) is 5. The molecular weight excluding hydrogens is 508 g/mol. The first-order valence-corrected chi connectivity index (χ1v) is 13.0.